The van der Waals surface area contributed by atoms with Crippen LogP contribution < -0.4 is 0 Å². The first-order chi connectivity index (χ1) is 9.89. The second kappa shape index (κ2) is 7.56. The monoisotopic (exact) mass is 365 g/mol. The lowest BCUT2D eigenvalue weighted by atomic mass is 10.4. The highest BCUT2D eigenvalue weighted by atomic mass is 28.4. The maximum absolute atomic E-state index is 6.29. The van der Waals surface area contributed by atoms with Gasteiger partial charge >= 0.3 is 8.80 Å². The summed E-state index contributed by atoms with van der Waals surface area (Å²) in [7, 11) is -3.96. The van der Waals surface area contributed by atoms with Gasteiger partial charge in [-0.3, -0.25) is 0 Å². The Balaban J connectivity index is 3.07. The molecule has 0 spiro atoms. The number of hydrogen-bond acceptors (Lipinski definition) is 5. The van der Waals surface area contributed by atoms with Gasteiger partial charge in [-0.1, -0.05) is 39.3 Å². The second-order valence-corrected chi connectivity index (χ2v) is 21.0. The van der Waals surface area contributed by atoms with E-state index in [1.807, 2.05) is 13.8 Å². The molecule has 0 N–H and O–H groups in total. The van der Waals surface area contributed by atoms with Gasteiger partial charge in [-0.05, 0) is 13.8 Å². The Morgan fingerprint density at radius 3 is 1.68 bits per heavy atom. The van der Waals surface area contributed by atoms with Crippen LogP contribution in [-0.4, -0.2) is 68.2 Å². The zero-order chi connectivity index (χ0) is 17.2. The molecule has 1 aliphatic rings. The Morgan fingerprint density at radius 1 is 0.955 bits per heavy atom. The topological polar surface area (TPSA) is 40.2 Å². The lowest BCUT2D eigenvalue weighted by molar-refractivity contribution is -0.0688. The van der Waals surface area contributed by atoms with E-state index in [9.17, 15) is 0 Å². The van der Waals surface area contributed by atoms with Crippen LogP contribution in [0, 0.1) is 0 Å². The smallest absolute Gasteiger partial charge is 0.376 e. The minimum absolute atomic E-state index is 0.00392. The van der Waals surface area contributed by atoms with Crippen LogP contribution in [0.15, 0.2) is 0 Å². The van der Waals surface area contributed by atoms with Crippen LogP contribution in [0.5, 0.6) is 0 Å². The highest BCUT2D eigenvalue weighted by molar-refractivity contribution is 6.90. The number of rotatable bonds is 5. The van der Waals surface area contributed by atoms with Crippen LogP contribution in [0.25, 0.3) is 0 Å². The fourth-order valence-corrected chi connectivity index (χ4v) is 18.3. The number of ether oxygens (including phenoxy) is 1. The van der Waals surface area contributed by atoms with Crippen molar-refractivity contribution in [1.82, 2.24) is 4.23 Å². The third-order valence-corrected chi connectivity index (χ3v) is 14.8. The van der Waals surface area contributed by atoms with Crippen molar-refractivity contribution in [2.45, 2.75) is 65.3 Å². The van der Waals surface area contributed by atoms with Crippen molar-refractivity contribution in [2.75, 3.05) is 26.5 Å². The van der Waals surface area contributed by atoms with Gasteiger partial charge in [-0.15, -0.1) is 0 Å². The van der Waals surface area contributed by atoms with E-state index in [-0.39, 0.29) is 12.2 Å². The molecule has 0 amide bonds. The Hall–Kier alpha value is 0.451. The molecule has 1 fully saturated rings. The van der Waals surface area contributed by atoms with Gasteiger partial charge in [0.1, 0.15) is 16.5 Å². The van der Waals surface area contributed by atoms with Gasteiger partial charge in [0.25, 0.3) is 0 Å². The highest BCUT2D eigenvalue weighted by Crippen LogP contribution is 2.26. The largest absolute Gasteiger partial charge is 0.514 e. The SMILES string of the molecule is CO[Si]1(CN([Si](C)(C)C)[Si](C)(C)C)OC(C)COCC(C)O1. The summed E-state index contributed by atoms with van der Waals surface area (Å²) in [6, 6.07) is 0. The van der Waals surface area contributed by atoms with E-state index in [1.165, 1.54) is 0 Å². The Bertz CT molecular complexity index is 331. The number of nitrogens with zero attached hydrogens (tertiary/aromatic N) is 1. The number of hydrogen-bond donors (Lipinski definition) is 0. The minimum Gasteiger partial charge on any atom is -0.376 e. The first-order valence-corrected chi connectivity index (χ1v) is 17.0. The summed E-state index contributed by atoms with van der Waals surface area (Å²) in [4.78, 5) is 0. The third-order valence-electron chi connectivity index (χ3n) is 3.75. The average Bonchev–Trinajstić information content (AvgIpc) is 2.30. The average molecular weight is 366 g/mol. The van der Waals surface area contributed by atoms with E-state index in [1.54, 1.807) is 7.11 Å². The van der Waals surface area contributed by atoms with E-state index in [4.69, 9.17) is 18.0 Å². The molecule has 1 aliphatic heterocycles. The molecule has 1 rings (SSSR count). The van der Waals surface area contributed by atoms with Crippen molar-refractivity contribution < 1.29 is 18.0 Å². The first kappa shape index (κ1) is 20.5. The zero-order valence-electron chi connectivity index (χ0n) is 15.9. The molecule has 0 aromatic heterocycles. The molecule has 2 unspecified atom stereocenters. The maximum atomic E-state index is 6.29. The summed E-state index contributed by atoms with van der Waals surface area (Å²) in [5, 5.41) is 0. The van der Waals surface area contributed by atoms with Gasteiger partial charge in [-0.2, -0.15) is 0 Å². The quantitative estimate of drug-likeness (QED) is 0.701. The molecule has 132 valence electrons. The molecular formula is C14H35NO4Si3. The van der Waals surface area contributed by atoms with Gasteiger partial charge in [0, 0.05) is 7.11 Å². The van der Waals surface area contributed by atoms with Crippen molar-refractivity contribution >= 4 is 25.3 Å². The van der Waals surface area contributed by atoms with Crippen LogP contribution in [-0.2, 0) is 18.0 Å². The van der Waals surface area contributed by atoms with E-state index in [2.05, 4.69) is 43.5 Å². The van der Waals surface area contributed by atoms with E-state index in [0.717, 1.165) is 6.17 Å². The molecule has 1 heterocycles. The lowest BCUT2D eigenvalue weighted by Gasteiger charge is -2.47. The van der Waals surface area contributed by atoms with Crippen molar-refractivity contribution in [1.29, 1.82) is 0 Å². The van der Waals surface area contributed by atoms with E-state index < -0.39 is 25.3 Å². The molecule has 0 bridgehead atoms. The Morgan fingerprint density at radius 2 is 1.36 bits per heavy atom. The van der Waals surface area contributed by atoms with Gasteiger partial charge in [-0.25, -0.2) is 0 Å². The third kappa shape index (κ3) is 5.82. The lowest BCUT2D eigenvalue weighted by Crippen LogP contribution is -2.68. The summed E-state index contributed by atoms with van der Waals surface area (Å²) in [6.07, 6.45) is 0.803. The molecule has 0 radical (unpaired) electrons. The molecule has 5 nitrogen and oxygen atoms in total. The van der Waals surface area contributed by atoms with Crippen LogP contribution in [0.4, 0.5) is 0 Å². The summed E-state index contributed by atoms with van der Waals surface area (Å²) in [6.45, 7) is 19.6. The first-order valence-electron chi connectivity index (χ1n) is 8.16. The summed E-state index contributed by atoms with van der Waals surface area (Å²) >= 11 is 0. The predicted octanol–water partition coefficient (Wildman–Crippen LogP) is 2.92. The highest BCUT2D eigenvalue weighted by Gasteiger charge is 2.50. The second-order valence-electron chi connectivity index (χ2n) is 8.21. The van der Waals surface area contributed by atoms with Gasteiger partial charge in [0.05, 0.1) is 31.6 Å². The zero-order valence-corrected chi connectivity index (χ0v) is 18.9. The van der Waals surface area contributed by atoms with Gasteiger partial charge in [0.15, 0.2) is 0 Å². The van der Waals surface area contributed by atoms with Crippen LogP contribution >= 0.6 is 0 Å². The molecule has 0 saturated carbocycles. The van der Waals surface area contributed by atoms with E-state index in [0.29, 0.717) is 13.2 Å². The van der Waals surface area contributed by atoms with Crippen molar-refractivity contribution in [3.05, 3.63) is 0 Å². The van der Waals surface area contributed by atoms with Crippen molar-refractivity contribution in [3.63, 3.8) is 0 Å². The summed E-state index contributed by atoms with van der Waals surface area (Å²) in [5.41, 5.74) is 0. The molecule has 0 aromatic rings. The van der Waals surface area contributed by atoms with Gasteiger partial charge < -0.3 is 22.2 Å². The normalized spacial score (nSPS) is 31.9. The van der Waals surface area contributed by atoms with E-state index >= 15 is 0 Å². The molecule has 0 aromatic carbocycles. The van der Waals surface area contributed by atoms with Gasteiger partial charge in [0.2, 0.25) is 0 Å². The van der Waals surface area contributed by atoms with Crippen molar-refractivity contribution in [2.24, 2.45) is 0 Å². The Labute approximate surface area is 139 Å². The molecule has 22 heavy (non-hydrogen) atoms. The van der Waals surface area contributed by atoms with Crippen LogP contribution in [0.1, 0.15) is 13.8 Å². The molecule has 2 atom stereocenters. The minimum atomic E-state index is -2.73. The molecule has 8 heteroatoms. The summed E-state index contributed by atoms with van der Waals surface area (Å²) < 4.78 is 26.8. The molecular weight excluding hydrogens is 330 g/mol. The standard InChI is InChI=1S/C14H35NO4Si3/c1-13-10-17-11-14(2)19-22(16-3,18-13)12-15(20(4,5)6)21(7,8)9/h13-14H,10-12H2,1-9H3. The molecule has 0 aliphatic carbocycles. The molecule has 1 saturated heterocycles. The fraction of sp³-hybridized carbons (Fsp3) is 1.00. The van der Waals surface area contributed by atoms with Crippen molar-refractivity contribution in [3.8, 4) is 0 Å². The fourth-order valence-electron chi connectivity index (χ4n) is 3.02. The summed E-state index contributed by atoms with van der Waals surface area (Å²) in [5.74, 6) is 0. The van der Waals surface area contributed by atoms with Crippen LogP contribution in [0.3, 0.4) is 0 Å². The predicted molar refractivity (Wildman–Crippen MR) is 98.1 cm³/mol. The Kier molecular flexibility index (Phi) is 7.04. The van der Waals surface area contributed by atoms with Crippen LogP contribution in [0.2, 0.25) is 39.3 Å². The maximum Gasteiger partial charge on any atom is 0.514 e.